The molecule has 154 valence electrons. The molecule has 0 aliphatic carbocycles. The van der Waals surface area contributed by atoms with Crippen molar-refractivity contribution < 1.29 is 14.8 Å². The van der Waals surface area contributed by atoms with Crippen LogP contribution in [0.25, 0.3) is 0 Å². The number of hydrogen-bond donors (Lipinski definition) is 2. The second-order valence-electron chi connectivity index (χ2n) is 6.53. The standard InChI is InChI=1S/C22H23N4O3P/c1-25(23-16-18-8-12-20(27)13-9-18)30(29,22-6-4-3-5-7-22)26(2)24-17-19-10-14-21(28)15-11-19/h3-17,27-28H,1-2H3/b23-16+,24-17+. The van der Waals surface area contributed by atoms with Gasteiger partial charge in [0.1, 0.15) is 11.5 Å². The van der Waals surface area contributed by atoms with E-state index < -0.39 is 7.44 Å². The molecule has 0 unspecified atom stereocenters. The van der Waals surface area contributed by atoms with Crippen LogP contribution < -0.4 is 5.30 Å². The van der Waals surface area contributed by atoms with Gasteiger partial charge in [0.05, 0.1) is 17.7 Å². The maximum Gasteiger partial charge on any atom is 0.322 e. The number of rotatable bonds is 7. The number of aromatic hydroxyl groups is 2. The molecule has 0 spiro atoms. The average molecular weight is 422 g/mol. The zero-order chi connectivity index (χ0) is 21.6. The van der Waals surface area contributed by atoms with Gasteiger partial charge in [-0.2, -0.15) is 10.2 Å². The molecule has 30 heavy (non-hydrogen) atoms. The first-order chi connectivity index (χ1) is 14.4. The minimum Gasteiger partial charge on any atom is -0.508 e. The maximum atomic E-state index is 14.1. The van der Waals surface area contributed by atoms with Crippen LogP contribution >= 0.6 is 7.44 Å². The first kappa shape index (κ1) is 21.1. The second kappa shape index (κ2) is 9.29. The SMILES string of the molecule is CN(/N=C/c1ccc(O)cc1)P(=O)(c1ccccc1)N(C)/N=C/c1ccc(O)cc1. The number of phenols is 2. The molecule has 0 amide bonds. The summed E-state index contributed by atoms with van der Waals surface area (Å²) in [6, 6.07) is 22.2. The molecule has 3 aromatic rings. The van der Waals surface area contributed by atoms with E-state index in [1.807, 2.05) is 18.2 Å². The van der Waals surface area contributed by atoms with Gasteiger partial charge in [0.2, 0.25) is 0 Å². The highest BCUT2D eigenvalue weighted by atomic mass is 31.2. The van der Waals surface area contributed by atoms with Gasteiger partial charge in [-0.25, -0.2) is 9.56 Å². The zero-order valence-corrected chi connectivity index (χ0v) is 17.6. The largest absolute Gasteiger partial charge is 0.508 e. The molecule has 0 aliphatic rings. The van der Waals surface area contributed by atoms with E-state index in [9.17, 15) is 14.8 Å². The molecule has 3 aromatic carbocycles. The number of hydrogen-bond acceptors (Lipinski definition) is 5. The van der Waals surface area contributed by atoms with Gasteiger partial charge in [-0.1, -0.05) is 18.2 Å². The molecule has 0 bridgehead atoms. The van der Waals surface area contributed by atoms with Crippen LogP contribution in [0.2, 0.25) is 0 Å². The van der Waals surface area contributed by atoms with Gasteiger partial charge in [0.15, 0.2) is 0 Å². The molecule has 0 heterocycles. The van der Waals surface area contributed by atoms with E-state index in [0.29, 0.717) is 5.30 Å². The van der Waals surface area contributed by atoms with E-state index >= 15 is 0 Å². The van der Waals surface area contributed by atoms with Crippen molar-refractivity contribution in [1.82, 2.24) is 9.56 Å². The van der Waals surface area contributed by atoms with Gasteiger partial charge in [-0.3, -0.25) is 4.57 Å². The number of phenolic OH excluding ortho intramolecular Hbond substituents is 2. The van der Waals surface area contributed by atoms with E-state index in [1.165, 1.54) is 9.56 Å². The second-order valence-corrected chi connectivity index (χ2v) is 9.29. The Morgan fingerprint density at radius 2 is 1.10 bits per heavy atom. The maximum absolute atomic E-state index is 14.1. The quantitative estimate of drug-likeness (QED) is 0.343. The van der Waals surface area contributed by atoms with Crippen LogP contribution in [0.1, 0.15) is 11.1 Å². The molecule has 0 radical (unpaired) electrons. The van der Waals surface area contributed by atoms with Crippen LogP contribution in [0.15, 0.2) is 89.1 Å². The third-order valence-electron chi connectivity index (χ3n) is 4.41. The van der Waals surface area contributed by atoms with Gasteiger partial charge in [0, 0.05) is 14.1 Å². The third-order valence-corrected chi connectivity index (χ3v) is 7.16. The van der Waals surface area contributed by atoms with Gasteiger partial charge in [-0.05, 0) is 71.8 Å². The summed E-state index contributed by atoms with van der Waals surface area (Å²) in [7, 11) is -0.102. The van der Waals surface area contributed by atoms with Crippen LogP contribution in [0.4, 0.5) is 0 Å². The molecule has 0 aliphatic heterocycles. The summed E-state index contributed by atoms with van der Waals surface area (Å²) in [5.74, 6) is 0.331. The Labute approximate surface area is 175 Å². The van der Waals surface area contributed by atoms with Crippen molar-refractivity contribution in [2.45, 2.75) is 0 Å². The molecule has 3 rings (SSSR count). The first-order valence-electron chi connectivity index (χ1n) is 9.19. The van der Waals surface area contributed by atoms with Crippen LogP contribution in [0, 0.1) is 0 Å². The van der Waals surface area contributed by atoms with E-state index in [0.717, 1.165) is 11.1 Å². The van der Waals surface area contributed by atoms with Crippen molar-refractivity contribution in [3.05, 3.63) is 90.0 Å². The Balaban J connectivity index is 1.91. The van der Waals surface area contributed by atoms with Gasteiger partial charge >= 0.3 is 7.44 Å². The highest BCUT2D eigenvalue weighted by Gasteiger charge is 2.34. The van der Waals surface area contributed by atoms with Crippen molar-refractivity contribution in [1.29, 1.82) is 0 Å². The summed E-state index contributed by atoms with van der Waals surface area (Å²) in [6.45, 7) is 0. The fourth-order valence-corrected chi connectivity index (χ4v) is 4.69. The van der Waals surface area contributed by atoms with Gasteiger partial charge in [0.25, 0.3) is 0 Å². The Hall–Kier alpha value is -3.57. The normalized spacial score (nSPS) is 11.8. The van der Waals surface area contributed by atoms with E-state index in [2.05, 4.69) is 10.2 Å². The molecule has 0 saturated heterocycles. The summed E-state index contributed by atoms with van der Waals surface area (Å²) in [6.07, 6.45) is 3.15. The molecular formula is C22H23N4O3P. The number of hydrazone groups is 2. The predicted octanol–water partition coefficient (Wildman–Crippen LogP) is 3.85. The molecule has 7 nitrogen and oxygen atoms in total. The first-order valence-corrected chi connectivity index (χ1v) is 10.8. The molecule has 0 fully saturated rings. The smallest absolute Gasteiger partial charge is 0.322 e. The van der Waals surface area contributed by atoms with Crippen molar-refractivity contribution in [2.24, 2.45) is 10.2 Å². The lowest BCUT2D eigenvalue weighted by Gasteiger charge is -2.31. The zero-order valence-electron chi connectivity index (χ0n) is 16.7. The summed E-state index contributed by atoms with van der Waals surface area (Å²) >= 11 is 0. The molecule has 0 aromatic heterocycles. The summed E-state index contributed by atoms with van der Waals surface area (Å²) in [4.78, 5) is 0. The van der Waals surface area contributed by atoms with Gasteiger partial charge < -0.3 is 10.2 Å². The predicted molar refractivity (Wildman–Crippen MR) is 121 cm³/mol. The summed E-state index contributed by atoms with van der Waals surface area (Å²) < 4.78 is 16.9. The Morgan fingerprint density at radius 1 is 0.700 bits per heavy atom. The van der Waals surface area contributed by atoms with E-state index in [-0.39, 0.29) is 11.5 Å². The molecule has 0 saturated carbocycles. The summed E-state index contributed by atoms with van der Waals surface area (Å²) in [5.41, 5.74) is 1.52. The van der Waals surface area contributed by atoms with Crippen LogP contribution in [0.5, 0.6) is 11.5 Å². The lowest BCUT2D eigenvalue weighted by atomic mass is 10.2. The Bertz CT molecular complexity index is 1000. The van der Waals surface area contributed by atoms with Crippen LogP contribution in [-0.4, -0.2) is 46.3 Å². The molecule has 2 N–H and O–H groups in total. The number of nitrogens with zero attached hydrogens (tertiary/aromatic N) is 4. The highest BCUT2D eigenvalue weighted by molar-refractivity contribution is 7.66. The van der Waals surface area contributed by atoms with Gasteiger partial charge in [-0.15, -0.1) is 0 Å². The fraction of sp³-hybridized carbons (Fsp3) is 0.0909. The van der Waals surface area contributed by atoms with Crippen LogP contribution in [-0.2, 0) is 4.57 Å². The molecule has 0 atom stereocenters. The van der Waals surface area contributed by atoms with E-state index in [4.69, 9.17) is 0 Å². The minimum atomic E-state index is -3.37. The topological polar surface area (TPSA) is 88.7 Å². The fourth-order valence-electron chi connectivity index (χ4n) is 2.70. The van der Waals surface area contributed by atoms with Crippen molar-refractivity contribution >= 4 is 25.2 Å². The lowest BCUT2D eigenvalue weighted by molar-refractivity contribution is 0.419. The van der Waals surface area contributed by atoms with Crippen molar-refractivity contribution in [3.63, 3.8) is 0 Å². The molecular weight excluding hydrogens is 399 g/mol. The monoisotopic (exact) mass is 422 g/mol. The van der Waals surface area contributed by atoms with Crippen LogP contribution in [0.3, 0.4) is 0 Å². The molecule has 8 heteroatoms. The average Bonchev–Trinajstić information content (AvgIpc) is 2.78. The number of benzene rings is 3. The van der Waals surface area contributed by atoms with E-state index in [1.54, 1.807) is 87.2 Å². The Kier molecular flexibility index (Phi) is 6.54. The lowest BCUT2D eigenvalue weighted by Crippen LogP contribution is -2.28. The van der Waals surface area contributed by atoms with Crippen molar-refractivity contribution in [2.75, 3.05) is 14.1 Å². The summed E-state index contributed by atoms with van der Waals surface area (Å²) in [5, 5.41) is 28.2. The Morgan fingerprint density at radius 3 is 1.50 bits per heavy atom. The third kappa shape index (κ3) is 4.88. The van der Waals surface area contributed by atoms with Crippen molar-refractivity contribution in [3.8, 4) is 11.5 Å². The highest BCUT2D eigenvalue weighted by Crippen LogP contribution is 2.50. The minimum absolute atomic E-state index is 0.166.